The van der Waals surface area contributed by atoms with Crippen LogP contribution in [0, 0.1) is 0 Å². The molecule has 2 N–H and O–H groups in total. The summed E-state index contributed by atoms with van der Waals surface area (Å²) in [5, 5.41) is 2.89. The van der Waals surface area contributed by atoms with Gasteiger partial charge in [-0.1, -0.05) is 25.8 Å². The monoisotopic (exact) mass is 410 g/mol. The van der Waals surface area contributed by atoms with Crippen molar-refractivity contribution in [1.82, 2.24) is 0 Å². The number of halogens is 1. The molecular formula is C22H35ClN2O3. The summed E-state index contributed by atoms with van der Waals surface area (Å²) in [6.07, 6.45) is 10.3. The molecule has 1 saturated heterocycles. The van der Waals surface area contributed by atoms with Crippen molar-refractivity contribution in [3.63, 3.8) is 0 Å². The Bertz CT molecular complexity index is 593. The van der Waals surface area contributed by atoms with Gasteiger partial charge in [0.1, 0.15) is 11.8 Å². The first kappa shape index (κ1) is 22.8. The second-order valence-corrected chi connectivity index (χ2v) is 7.91. The second kappa shape index (κ2) is 12.2. The Balaban J connectivity index is 0.00000280. The molecule has 1 amide bonds. The molecule has 2 atom stereocenters. The maximum Gasteiger partial charge on any atom is 0.412 e. The predicted octanol–water partition coefficient (Wildman–Crippen LogP) is 0.798. The van der Waals surface area contributed by atoms with Gasteiger partial charge in [0, 0.05) is 31.0 Å². The average Bonchev–Trinajstić information content (AvgIpc) is 3.20. The molecule has 1 aliphatic carbocycles. The summed E-state index contributed by atoms with van der Waals surface area (Å²) >= 11 is 0. The van der Waals surface area contributed by atoms with Gasteiger partial charge in [0.05, 0.1) is 19.7 Å². The van der Waals surface area contributed by atoms with Crippen molar-refractivity contribution < 1.29 is 31.6 Å². The van der Waals surface area contributed by atoms with Gasteiger partial charge in [0.2, 0.25) is 0 Å². The van der Waals surface area contributed by atoms with E-state index in [1.54, 1.807) is 4.90 Å². The number of carbonyl (C=O) groups excluding carboxylic acids is 1. The molecule has 6 heteroatoms. The fourth-order valence-electron chi connectivity index (χ4n) is 4.40. The van der Waals surface area contributed by atoms with Crippen LogP contribution in [0.3, 0.4) is 0 Å². The standard InChI is InChI=1S/C22H34N2O3.ClH/c1-2-3-8-16-26-19-11-9-10-18(17-19)23-22(25)27-21-13-5-4-12-20(21)24-14-6-7-15-24;/h9-11,17,20-21H,2-8,12-16H2,1H3,(H,23,25);1H/t20-,21+;/m0./s1. The van der Waals surface area contributed by atoms with E-state index < -0.39 is 0 Å². The van der Waals surface area contributed by atoms with Crippen LogP contribution in [0.5, 0.6) is 5.75 Å². The number of hydrogen-bond acceptors (Lipinski definition) is 3. The van der Waals surface area contributed by atoms with Crippen LogP contribution in [0.1, 0.15) is 64.7 Å². The van der Waals surface area contributed by atoms with E-state index in [1.165, 1.54) is 51.6 Å². The number of amides is 1. The summed E-state index contributed by atoms with van der Waals surface area (Å²) in [5.74, 6) is 0.793. The third-order valence-corrected chi connectivity index (χ3v) is 5.83. The van der Waals surface area contributed by atoms with E-state index in [0.717, 1.165) is 30.7 Å². The minimum atomic E-state index is -0.339. The molecule has 1 heterocycles. The number of quaternary nitrogens is 1. The van der Waals surface area contributed by atoms with Crippen molar-refractivity contribution >= 4 is 11.8 Å². The zero-order chi connectivity index (χ0) is 18.9. The smallest absolute Gasteiger partial charge is 0.412 e. The van der Waals surface area contributed by atoms with Gasteiger partial charge in [0.15, 0.2) is 6.10 Å². The lowest BCUT2D eigenvalue weighted by Crippen LogP contribution is -3.15. The topological polar surface area (TPSA) is 52.0 Å². The highest BCUT2D eigenvalue weighted by molar-refractivity contribution is 5.85. The summed E-state index contributed by atoms with van der Waals surface area (Å²) in [5.41, 5.74) is 0.730. The van der Waals surface area contributed by atoms with E-state index in [-0.39, 0.29) is 24.6 Å². The van der Waals surface area contributed by atoms with Crippen molar-refractivity contribution in [3.8, 4) is 5.75 Å². The van der Waals surface area contributed by atoms with E-state index in [4.69, 9.17) is 9.47 Å². The highest BCUT2D eigenvalue weighted by Crippen LogP contribution is 2.22. The Morgan fingerprint density at radius 2 is 1.93 bits per heavy atom. The summed E-state index contributed by atoms with van der Waals surface area (Å²) in [7, 11) is 0. The van der Waals surface area contributed by atoms with Crippen LogP contribution in [0.4, 0.5) is 10.5 Å². The third-order valence-electron chi connectivity index (χ3n) is 5.83. The highest BCUT2D eigenvalue weighted by Gasteiger charge is 2.37. The fraction of sp³-hybridized carbons (Fsp3) is 0.682. The van der Waals surface area contributed by atoms with Crippen molar-refractivity contribution in [3.05, 3.63) is 24.3 Å². The molecule has 1 aromatic carbocycles. The lowest BCUT2D eigenvalue weighted by atomic mass is 9.91. The van der Waals surface area contributed by atoms with E-state index >= 15 is 0 Å². The van der Waals surface area contributed by atoms with Crippen LogP contribution in [0.25, 0.3) is 0 Å². The maximum absolute atomic E-state index is 12.5. The Morgan fingerprint density at radius 1 is 1.14 bits per heavy atom. The Hall–Kier alpha value is -1.46. The fourth-order valence-corrected chi connectivity index (χ4v) is 4.40. The molecule has 1 aromatic rings. The van der Waals surface area contributed by atoms with Gasteiger partial charge in [-0.25, -0.2) is 4.79 Å². The molecule has 158 valence electrons. The van der Waals surface area contributed by atoms with Crippen molar-refractivity contribution in [1.29, 1.82) is 0 Å². The van der Waals surface area contributed by atoms with Gasteiger partial charge >= 0.3 is 6.09 Å². The Labute approximate surface area is 175 Å². The Morgan fingerprint density at radius 3 is 2.71 bits per heavy atom. The summed E-state index contributed by atoms with van der Waals surface area (Å²) in [6.45, 7) is 5.34. The largest absolute Gasteiger partial charge is 1.00 e. The molecule has 0 bridgehead atoms. The van der Waals surface area contributed by atoms with Crippen LogP contribution in [0.15, 0.2) is 24.3 Å². The average molecular weight is 411 g/mol. The number of carbonyl (C=O) groups is 1. The number of rotatable bonds is 8. The first-order valence-electron chi connectivity index (χ1n) is 10.8. The van der Waals surface area contributed by atoms with Gasteiger partial charge in [0.25, 0.3) is 0 Å². The number of likely N-dealkylation sites (tertiary alicyclic amines) is 1. The molecule has 5 nitrogen and oxygen atoms in total. The molecule has 0 unspecified atom stereocenters. The van der Waals surface area contributed by atoms with Crippen molar-refractivity contribution in [2.24, 2.45) is 0 Å². The van der Waals surface area contributed by atoms with E-state index in [2.05, 4.69) is 12.2 Å². The number of anilines is 1. The quantitative estimate of drug-likeness (QED) is 0.623. The number of nitrogens with one attached hydrogen (secondary N) is 2. The second-order valence-electron chi connectivity index (χ2n) is 7.91. The lowest BCUT2D eigenvalue weighted by Gasteiger charge is -2.34. The van der Waals surface area contributed by atoms with Gasteiger partial charge in [-0.15, -0.1) is 0 Å². The minimum Gasteiger partial charge on any atom is -1.00 e. The maximum atomic E-state index is 12.5. The summed E-state index contributed by atoms with van der Waals surface area (Å²) in [6, 6.07) is 8.06. The van der Waals surface area contributed by atoms with Crippen LogP contribution < -0.4 is 27.4 Å². The van der Waals surface area contributed by atoms with Gasteiger partial charge in [-0.3, -0.25) is 5.32 Å². The molecular weight excluding hydrogens is 376 g/mol. The SMILES string of the molecule is CCCCCOc1cccc(NC(=O)O[C@@H]2CCCC[C@@H]2[NH+]2CCCC2)c1.[Cl-]. The molecule has 0 aromatic heterocycles. The van der Waals surface area contributed by atoms with Crippen molar-refractivity contribution in [2.75, 3.05) is 25.0 Å². The molecule has 2 aliphatic rings. The molecule has 1 saturated carbocycles. The molecule has 1 aliphatic heterocycles. The number of ether oxygens (including phenoxy) is 2. The first-order valence-corrected chi connectivity index (χ1v) is 10.8. The molecule has 2 fully saturated rings. The van der Waals surface area contributed by atoms with Gasteiger partial charge in [-0.2, -0.15) is 0 Å². The minimum absolute atomic E-state index is 0. The summed E-state index contributed by atoms with van der Waals surface area (Å²) < 4.78 is 11.6. The van der Waals surface area contributed by atoms with E-state index in [1.807, 2.05) is 24.3 Å². The lowest BCUT2D eigenvalue weighted by molar-refractivity contribution is -0.918. The zero-order valence-corrected chi connectivity index (χ0v) is 17.8. The summed E-state index contributed by atoms with van der Waals surface area (Å²) in [4.78, 5) is 14.1. The third kappa shape index (κ3) is 6.85. The first-order chi connectivity index (χ1) is 13.3. The number of unbranched alkanes of at least 4 members (excludes halogenated alkanes) is 2. The molecule has 0 spiro atoms. The molecule has 3 rings (SSSR count). The zero-order valence-electron chi connectivity index (χ0n) is 17.1. The molecule has 28 heavy (non-hydrogen) atoms. The normalized spacial score (nSPS) is 22.3. The van der Waals surface area contributed by atoms with Gasteiger partial charge < -0.3 is 26.8 Å². The van der Waals surface area contributed by atoms with Crippen LogP contribution in [-0.4, -0.2) is 37.9 Å². The van der Waals surface area contributed by atoms with Crippen LogP contribution >= 0.6 is 0 Å². The predicted molar refractivity (Wildman–Crippen MR) is 108 cm³/mol. The van der Waals surface area contributed by atoms with E-state index in [0.29, 0.717) is 12.6 Å². The van der Waals surface area contributed by atoms with Crippen LogP contribution in [-0.2, 0) is 4.74 Å². The highest BCUT2D eigenvalue weighted by atomic mass is 35.5. The van der Waals surface area contributed by atoms with E-state index in [9.17, 15) is 4.79 Å². The van der Waals surface area contributed by atoms with Gasteiger partial charge in [-0.05, 0) is 37.8 Å². The molecule has 0 radical (unpaired) electrons. The Kier molecular flexibility index (Phi) is 9.93. The number of benzene rings is 1. The number of hydrogen-bond donors (Lipinski definition) is 2. The van der Waals surface area contributed by atoms with Crippen molar-refractivity contribution in [2.45, 2.75) is 76.9 Å². The van der Waals surface area contributed by atoms with Crippen LogP contribution in [0.2, 0.25) is 0 Å².